The van der Waals surface area contributed by atoms with Gasteiger partial charge in [-0.1, -0.05) is 11.6 Å². The molecule has 1 aromatic heterocycles. The number of aromatic nitrogens is 2. The van der Waals surface area contributed by atoms with Crippen LogP contribution < -0.4 is 0 Å². The topological polar surface area (TPSA) is 62.6 Å². The first-order valence-corrected chi connectivity index (χ1v) is 9.04. The van der Waals surface area contributed by atoms with Crippen LogP contribution in [-0.2, 0) is 14.2 Å². The number of ether oxygens (including phenoxy) is 3. The molecule has 0 N–H and O–H groups in total. The zero-order valence-corrected chi connectivity index (χ0v) is 16.5. The van der Waals surface area contributed by atoms with Crippen molar-refractivity contribution < 1.29 is 32.2 Å². The summed E-state index contributed by atoms with van der Waals surface area (Å²) in [4.78, 5) is 12.4. The molecule has 0 fully saturated rings. The third kappa shape index (κ3) is 4.81. The van der Waals surface area contributed by atoms with Crippen LogP contribution in [0.3, 0.4) is 0 Å². The van der Waals surface area contributed by atoms with Crippen LogP contribution >= 0.6 is 11.6 Å². The Bertz CT molecular complexity index is 1040. The number of carbonyl (C=O) groups is 1. The fourth-order valence-corrected chi connectivity index (χ4v) is 2.88. The molecule has 3 rings (SSSR count). The van der Waals surface area contributed by atoms with E-state index in [1.54, 1.807) is 0 Å². The van der Waals surface area contributed by atoms with Gasteiger partial charge in [0.1, 0.15) is 28.2 Å². The highest BCUT2D eigenvalue weighted by Gasteiger charge is 2.26. The van der Waals surface area contributed by atoms with Crippen molar-refractivity contribution in [1.29, 1.82) is 0 Å². The number of hydrogen-bond donors (Lipinski definition) is 0. The number of hydrogen-bond acceptors (Lipinski definition) is 5. The van der Waals surface area contributed by atoms with Gasteiger partial charge >= 0.3 is 5.97 Å². The standard InChI is InChI=1S/C20H16ClF3N2O4/c1-28-8-9-29-11-30-20(27)18-17(21)19(12-2-4-13(22)5-3-12)26(25-18)16-10-14(23)6-7-15(16)24/h2-7,10H,8-9,11H2,1H3. The molecule has 1 heterocycles. The fraction of sp³-hybridized carbons (Fsp3) is 0.200. The molecule has 10 heteroatoms. The minimum atomic E-state index is -0.934. The normalized spacial score (nSPS) is 11.0. The molecule has 0 radical (unpaired) electrons. The predicted molar refractivity (Wildman–Crippen MR) is 102 cm³/mol. The summed E-state index contributed by atoms with van der Waals surface area (Å²) in [5.74, 6) is -2.97. The average molecular weight is 441 g/mol. The SMILES string of the molecule is COCCOCOC(=O)c1nn(-c2cc(F)ccc2F)c(-c2ccc(F)cc2)c1Cl. The second-order valence-corrected chi connectivity index (χ2v) is 6.35. The average Bonchev–Trinajstić information content (AvgIpc) is 3.07. The molecule has 3 aromatic rings. The van der Waals surface area contributed by atoms with Crippen LogP contribution in [0, 0.1) is 17.5 Å². The molecule has 158 valence electrons. The molecule has 6 nitrogen and oxygen atoms in total. The van der Waals surface area contributed by atoms with Crippen molar-refractivity contribution >= 4 is 17.6 Å². The summed E-state index contributed by atoms with van der Waals surface area (Å²) in [6.07, 6.45) is 0. The molecule has 0 aliphatic rings. The van der Waals surface area contributed by atoms with Crippen molar-refractivity contribution in [2.75, 3.05) is 27.1 Å². The highest BCUT2D eigenvalue weighted by atomic mass is 35.5. The minimum Gasteiger partial charge on any atom is -0.434 e. The smallest absolute Gasteiger partial charge is 0.362 e. The lowest BCUT2D eigenvalue weighted by atomic mass is 10.1. The van der Waals surface area contributed by atoms with Gasteiger partial charge in [-0.25, -0.2) is 22.6 Å². The van der Waals surface area contributed by atoms with Gasteiger partial charge < -0.3 is 14.2 Å². The first-order valence-electron chi connectivity index (χ1n) is 8.66. The van der Waals surface area contributed by atoms with Crippen molar-refractivity contribution in [2.24, 2.45) is 0 Å². The van der Waals surface area contributed by atoms with E-state index in [1.807, 2.05) is 0 Å². The second-order valence-electron chi connectivity index (χ2n) is 5.98. The fourth-order valence-electron chi connectivity index (χ4n) is 2.57. The van der Waals surface area contributed by atoms with E-state index in [1.165, 1.54) is 19.2 Å². The third-order valence-electron chi connectivity index (χ3n) is 3.98. The minimum absolute atomic E-state index is 0.0634. The number of benzene rings is 2. The first kappa shape index (κ1) is 21.8. The van der Waals surface area contributed by atoms with Gasteiger partial charge in [0, 0.05) is 18.7 Å². The van der Waals surface area contributed by atoms with E-state index in [4.69, 9.17) is 25.8 Å². The number of methoxy groups -OCH3 is 1. The Morgan fingerprint density at radius 2 is 1.77 bits per heavy atom. The quantitative estimate of drug-likeness (QED) is 0.295. The highest BCUT2D eigenvalue weighted by Crippen LogP contribution is 2.34. The van der Waals surface area contributed by atoms with Gasteiger partial charge in [-0.15, -0.1) is 0 Å². The van der Waals surface area contributed by atoms with Crippen LogP contribution in [0.25, 0.3) is 16.9 Å². The maximum atomic E-state index is 14.4. The lowest BCUT2D eigenvalue weighted by molar-refractivity contribution is -0.0439. The Labute approximate surface area is 174 Å². The molecule has 0 atom stereocenters. The molecule has 0 bridgehead atoms. The van der Waals surface area contributed by atoms with Crippen molar-refractivity contribution in [3.63, 3.8) is 0 Å². The third-order valence-corrected chi connectivity index (χ3v) is 4.34. The molecule has 0 amide bonds. The van der Waals surface area contributed by atoms with Gasteiger partial charge in [-0.3, -0.25) is 0 Å². The maximum absolute atomic E-state index is 14.4. The van der Waals surface area contributed by atoms with Crippen molar-refractivity contribution in [1.82, 2.24) is 9.78 Å². The molecule has 0 aliphatic heterocycles. The van der Waals surface area contributed by atoms with Crippen molar-refractivity contribution in [3.8, 4) is 16.9 Å². The first-order chi connectivity index (χ1) is 14.4. The largest absolute Gasteiger partial charge is 0.434 e. The van der Waals surface area contributed by atoms with E-state index in [0.29, 0.717) is 12.2 Å². The summed E-state index contributed by atoms with van der Waals surface area (Å²) in [6, 6.07) is 7.81. The van der Waals surface area contributed by atoms with E-state index < -0.39 is 23.4 Å². The van der Waals surface area contributed by atoms with Crippen LogP contribution in [0.1, 0.15) is 10.5 Å². The van der Waals surface area contributed by atoms with E-state index in [-0.39, 0.29) is 35.5 Å². The summed E-state index contributed by atoms with van der Waals surface area (Å²) >= 11 is 6.35. The van der Waals surface area contributed by atoms with E-state index >= 15 is 0 Å². The van der Waals surface area contributed by atoms with Gasteiger partial charge in [0.2, 0.25) is 0 Å². The van der Waals surface area contributed by atoms with E-state index in [9.17, 15) is 18.0 Å². The highest BCUT2D eigenvalue weighted by molar-refractivity contribution is 6.35. The van der Waals surface area contributed by atoms with Gasteiger partial charge in [0.15, 0.2) is 12.5 Å². The molecule has 0 saturated heterocycles. The molecule has 30 heavy (non-hydrogen) atoms. The lowest BCUT2D eigenvalue weighted by Crippen LogP contribution is -2.12. The van der Waals surface area contributed by atoms with Gasteiger partial charge in [-0.2, -0.15) is 5.10 Å². The van der Waals surface area contributed by atoms with Crippen molar-refractivity contribution in [2.45, 2.75) is 0 Å². The van der Waals surface area contributed by atoms with E-state index in [0.717, 1.165) is 35.0 Å². The molecular weight excluding hydrogens is 425 g/mol. The predicted octanol–water partition coefficient (Wildman–Crippen LogP) is 4.39. The number of esters is 1. The van der Waals surface area contributed by atoms with Crippen LogP contribution in [0.4, 0.5) is 13.2 Å². The lowest BCUT2D eigenvalue weighted by Gasteiger charge is -2.09. The number of carbonyl (C=O) groups excluding carboxylic acids is 1. The van der Waals surface area contributed by atoms with Gasteiger partial charge in [-0.05, 0) is 36.4 Å². The second kappa shape index (κ2) is 9.75. The summed E-state index contributed by atoms with van der Waals surface area (Å²) < 4.78 is 57.3. The van der Waals surface area contributed by atoms with Crippen molar-refractivity contribution in [3.05, 3.63) is 70.6 Å². The van der Waals surface area contributed by atoms with Crippen LogP contribution in [0.5, 0.6) is 0 Å². The van der Waals surface area contributed by atoms with E-state index in [2.05, 4.69) is 5.10 Å². The summed E-state index contributed by atoms with van der Waals surface area (Å²) in [7, 11) is 1.49. The molecular formula is C20H16ClF3N2O4. The Kier molecular flexibility index (Phi) is 7.09. The molecule has 0 aliphatic carbocycles. The van der Waals surface area contributed by atoms with Gasteiger partial charge in [0.25, 0.3) is 0 Å². The Balaban J connectivity index is 2.02. The molecule has 0 unspecified atom stereocenters. The van der Waals surface area contributed by atoms with Crippen LogP contribution in [0.15, 0.2) is 42.5 Å². The molecule has 2 aromatic carbocycles. The Hall–Kier alpha value is -2.88. The number of nitrogens with zero attached hydrogens (tertiary/aromatic N) is 2. The maximum Gasteiger partial charge on any atom is 0.362 e. The monoisotopic (exact) mass is 440 g/mol. The van der Waals surface area contributed by atoms with Gasteiger partial charge in [0.05, 0.1) is 18.9 Å². The summed E-state index contributed by atoms with van der Waals surface area (Å²) in [6.45, 7) is 0.118. The number of rotatable bonds is 8. The number of halogens is 4. The zero-order valence-electron chi connectivity index (χ0n) is 15.7. The van der Waals surface area contributed by atoms with Crippen LogP contribution in [-0.4, -0.2) is 42.9 Å². The Morgan fingerprint density at radius 3 is 2.47 bits per heavy atom. The summed E-state index contributed by atoms with van der Waals surface area (Å²) in [5, 5.41) is 3.85. The molecule has 0 spiro atoms. The summed E-state index contributed by atoms with van der Waals surface area (Å²) in [5.41, 5.74) is -0.233. The zero-order chi connectivity index (χ0) is 21.7. The Morgan fingerprint density at radius 1 is 1.07 bits per heavy atom. The van der Waals surface area contributed by atoms with Crippen LogP contribution in [0.2, 0.25) is 5.02 Å². The molecule has 0 saturated carbocycles.